The number of hydrogen-bond donors (Lipinski definition) is 3. The van der Waals surface area contributed by atoms with Crippen molar-refractivity contribution in [2.45, 2.75) is 36.8 Å². The first-order chi connectivity index (χ1) is 13.8. The molecule has 0 fully saturated rings. The Morgan fingerprint density at radius 3 is 2.67 bits per heavy atom. The molecule has 1 unspecified atom stereocenters. The number of fused-ring (bicyclic) bond motifs is 1. The van der Waals surface area contributed by atoms with E-state index in [2.05, 4.69) is 10.0 Å². The molecule has 0 bridgehead atoms. The summed E-state index contributed by atoms with van der Waals surface area (Å²) < 4.78 is 73.7. The molecule has 2 aromatic rings. The van der Waals surface area contributed by atoms with Crippen LogP contribution in [0.1, 0.15) is 36.3 Å². The van der Waals surface area contributed by atoms with Crippen molar-refractivity contribution in [3.8, 4) is 5.75 Å². The Bertz CT molecular complexity index is 1090. The quantitative estimate of drug-likeness (QED) is 0.666. The average molecular weight is 447 g/mol. The standard InChI is InChI=1S/C18H20F3N3O5S/c1-18(2,26)13-8-29-15-12(30(27,28)23-13)7-24(3)14(15)17(25)22-9-4-5-11(19)10(6-9)16(20)21/h4-7,13,16,23,26H,8H2,1-3H3,(H,22,25). The topological polar surface area (TPSA) is 110 Å². The minimum Gasteiger partial charge on any atom is -0.488 e. The van der Waals surface area contributed by atoms with E-state index in [0.29, 0.717) is 0 Å². The van der Waals surface area contributed by atoms with Crippen molar-refractivity contribution in [1.82, 2.24) is 9.29 Å². The first-order valence-corrected chi connectivity index (χ1v) is 10.3. The van der Waals surface area contributed by atoms with Crippen LogP contribution in [0, 0.1) is 5.82 Å². The normalized spacial score (nSPS) is 18.5. The van der Waals surface area contributed by atoms with Gasteiger partial charge in [-0.25, -0.2) is 26.3 Å². The number of hydrogen-bond acceptors (Lipinski definition) is 5. The molecule has 8 nitrogen and oxygen atoms in total. The van der Waals surface area contributed by atoms with E-state index in [1.807, 2.05) is 0 Å². The summed E-state index contributed by atoms with van der Waals surface area (Å²) in [4.78, 5) is 12.5. The van der Waals surface area contributed by atoms with Crippen molar-refractivity contribution >= 4 is 21.6 Å². The SMILES string of the molecule is Cn1cc2c(c1C(=O)Nc1ccc(F)c(C(F)F)c1)OCC(C(C)(C)O)NS2(=O)=O. The number of anilines is 1. The number of benzene rings is 1. The van der Waals surface area contributed by atoms with Crippen LogP contribution in [0.25, 0.3) is 0 Å². The summed E-state index contributed by atoms with van der Waals surface area (Å²) in [6.07, 6.45) is -1.92. The van der Waals surface area contributed by atoms with E-state index in [1.54, 1.807) is 0 Å². The van der Waals surface area contributed by atoms with Crippen molar-refractivity contribution in [1.29, 1.82) is 0 Å². The molecule has 1 aromatic heterocycles. The zero-order valence-electron chi connectivity index (χ0n) is 16.2. The van der Waals surface area contributed by atoms with Gasteiger partial charge >= 0.3 is 0 Å². The number of aliphatic hydroxyl groups is 1. The molecule has 1 atom stereocenters. The summed E-state index contributed by atoms with van der Waals surface area (Å²) in [5, 5.41) is 12.5. The fourth-order valence-corrected chi connectivity index (χ4v) is 4.50. The maximum Gasteiger partial charge on any atom is 0.276 e. The van der Waals surface area contributed by atoms with Crippen molar-refractivity contribution in [3.05, 3.63) is 41.5 Å². The number of nitrogens with zero attached hydrogens (tertiary/aromatic N) is 1. The van der Waals surface area contributed by atoms with E-state index in [-0.39, 0.29) is 28.6 Å². The number of carbonyl (C=O) groups excluding carboxylic acids is 1. The van der Waals surface area contributed by atoms with Gasteiger partial charge in [-0.3, -0.25) is 4.79 Å². The highest BCUT2D eigenvalue weighted by Crippen LogP contribution is 2.34. The lowest BCUT2D eigenvalue weighted by Crippen LogP contribution is -2.51. The number of sulfonamides is 1. The Hall–Kier alpha value is -2.57. The van der Waals surface area contributed by atoms with Crippen LogP contribution in [0.4, 0.5) is 18.9 Å². The summed E-state index contributed by atoms with van der Waals surface area (Å²) in [5.41, 5.74) is -2.61. The third kappa shape index (κ3) is 4.16. The number of aromatic nitrogens is 1. The smallest absolute Gasteiger partial charge is 0.276 e. The number of amides is 1. The lowest BCUT2D eigenvalue weighted by Gasteiger charge is -2.27. The van der Waals surface area contributed by atoms with Crippen LogP contribution in [0.3, 0.4) is 0 Å². The van der Waals surface area contributed by atoms with Crippen LogP contribution < -0.4 is 14.8 Å². The summed E-state index contributed by atoms with van der Waals surface area (Å²) in [5.74, 6) is -2.21. The fourth-order valence-electron chi connectivity index (χ4n) is 2.95. The van der Waals surface area contributed by atoms with Gasteiger partial charge in [0.05, 0.1) is 17.2 Å². The molecule has 3 rings (SSSR count). The molecule has 0 saturated carbocycles. The van der Waals surface area contributed by atoms with Crippen LogP contribution in [-0.4, -0.2) is 42.2 Å². The predicted octanol–water partition coefficient (Wildman–Crippen LogP) is 2.16. The highest BCUT2D eigenvalue weighted by molar-refractivity contribution is 7.89. The Labute approximate surface area is 170 Å². The van der Waals surface area contributed by atoms with Gasteiger partial charge in [-0.1, -0.05) is 0 Å². The van der Waals surface area contributed by atoms with Crippen molar-refractivity contribution < 1.29 is 36.2 Å². The van der Waals surface area contributed by atoms with Gasteiger partial charge in [-0.2, -0.15) is 0 Å². The third-order valence-corrected chi connectivity index (χ3v) is 6.11. The zero-order chi connectivity index (χ0) is 22.4. The average Bonchev–Trinajstić information content (AvgIpc) is 2.89. The van der Waals surface area contributed by atoms with Crippen LogP contribution in [-0.2, 0) is 17.1 Å². The molecule has 12 heteroatoms. The van der Waals surface area contributed by atoms with E-state index < -0.39 is 45.4 Å². The monoisotopic (exact) mass is 447 g/mol. The third-order valence-electron chi connectivity index (χ3n) is 4.64. The minimum absolute atomic E-state index is 0.101. The van der Waals surface area contributed by atoms with Gasteiger partial charge < -0.3 is 19.7 Å². The molecule has 0 saturated heterocycles. The molecule has 0 radical (unpaired) electrons. The number of alkyl halides is 2. The van der Waals surface area contributed by atoms with Gasteiger partial charge in [0.25, 0.3) is 12.3 Å². The molecule has 0 spiro atoms. The van der Waals surface area contributed by atoms with Crippen LogP contribution in [0.15, 0.2) is 29.3 Å². The molecular formula is C18H20F3N3O5S. The highest BCUT2D eigenvalue weighted by atomic mass is 32.2. The highest BCUT2D eigenvalue weighted by Gasteiger charge is 2.39. The van der Waals surface area contributed by atoms with Gasteiger partial charge in [0, 0.05) is 18.9 Å². The number of ether oxygens (including phenoxy) is 1. The molecular weight excluding hydrogens is 427 g/mol. The van der Waals surface area contributed by atoms with Crippen molar-refractivity contribution in [2.24, 2.45) is 7.05 Å². The van der Waals surface area contributed by atoms with Crippen molar-refractivity contribution in [2.75, 3.05) is 11.9 Å². The van der Waals surface area contributed by atoms with Gasteiger partial charge in [0.2, 0.25) is 10.0 Å². The van der Waals surface area contributed by atoms with Gasteiger partial charge in [-0.05, 0) is 32.0 Å². The number of carbonyl (C=O) groups is 1. The van der Waals surface area contributed by atoms with Crippen LogP contribution >= 0.6 is 0 Å². The van der Waals surface area contributed by atoms with Gasteiger partial charge in [0.1, 0.15) is 17.3 Å². The van der Waals surface area contributed by atoms with E-state index >= 15 is 0 Å². The van der Waals surface area contributed by atoms with Crippen LogP contribution in [0.5, 0.6) is 5.75 Å². The van der Waals surface area contributed by atoms with Gasteiger partial charge in [0.15, 0.2) is 11.4 Å². The fraction of sp³-hybridized carbons (Fsp3) is 0.389. The second-order valence-electron chi connectivity index (χ2n) is 7.41. The summed E-state index contributed by atoms with van der Waals surface area (Å²) >= 11 is 0. The molecule has 164 valence electrons. The predicted molar refractivity (Wildman–Crippen MR) is 101 cm³/mol. The van der Waals surface area contributed by atoms with Gasteiger partial charge in [-0.15, -0.1) is 0 Å². The van der Waals surface area contributed by atoms with E-state index in [1.165, 1.54) is 25.5 Å². The van der Waals surface area contributed by atoms with E-state index in [9.17, 15) is 31.5 Å². The second-order valence-corrected chi connectivity index (χ2v) is 9.09. The molecule has 1 aliphatic rings. The molecule has 3 N–H and O–H groups in total. The largest absolute Gasteiger partial charge is 0.488 e. The number of aryl methyl sites for hydroxylation is 1. The summed E-state index contributed by atoms with van der Waals surface area (Å²) in [7, 11) is -2.72. The summed E-state index contributed by atoms with van der Waals surface area (Å²) in [6.45, 7) is 2.55. The van der Waals surface area contributed by atoms with Crippen LogP contribution in [0.2, 0.25) is 0 Å². The Morgan fingerprint density at radius 1 is 1.40 bits per heavy atom. The Balaban J connectivity index is 1.97. The lowest BCUT2D eigenvalue weighted by atomic mass is 10.0. The maximum absolute atomic E-state index is 13.5. The number of halogens is 3. The Morgan fingerprint density at radius 2 is 2.07 bits per heavy atom. The molecule has 1 aliphatic heterocycles. The summed E-state index contributed by atoms with van der Waals surface area (Å²) in [6, 6.07) is 1.70. The first-order valence-electron chi connectivity index (χ1n) is 8.77. The first kappa shape index (κ1) is 22.1. The molecule has 2 heterocycles. The zero-order valence-corrected chi connectivity index (χ0v) is 17.1. The second kappa shape index (κ2) is 7.60. The van der Waals surface area contributed by atoms with E-state index in [0.717, 1.165) is 24.4 Å². The van der Waals surface area contributed by atoms with E-state index in [4.69, 9.17) is 4.74 Å². The molecule has 30 heavy (non-hydrogen) atoms. The molecule has 1 amide bonds. The Kier molecular flexibility index (Phi) is 5.60. The lowest BCUT2D eigenvalue weighted by molar-refractivity contribution is 0.0288. The molecule has 1 aromatic carbocycles. The number of nitrogens with one attached hydrogen (secondary N) is 2. The van der Waals surface area contributed by atoms with Crippen molar-refractivity contribution in [3.63, 3.8) is 0 Å². The number of rotatable bonds is 4. The molecule has 0 aliphatic carbocycles. The maximum atomic E-state index is 13.5. The minimum atomic E-state index is -4.13.